The topological polar surface area (TPSA) is 61.2 Å². The van der Waals surface area contributed by atoms with Crippen LogP contribution in [-0.4, -0.2) is 22.6 Å². The van der Waals surface area contributed by atoms with Crippen molar-refractivity contribution in [3.8, 4) is 0 Å². The molecule has 0 amide bonds. The Kier molecular flexibility index (Phi) is 4.94. The van der Waals surface area contributed by atoms with Gasteiger partial charge in [-0.3, -0.25) is 14.2 Å². The molecule has 6 heteroatoms. The molecule has 0 spiro atoms. The van der Waals surface area contributed by atoms with E-state index >= 15 is 0 Å². The summed E-state index contributed by atoms with van der Waals surface area (Å²) in [6.07, 6.45) is 0. The molecule has 0 bridgehead atoms. The number of esters is 1. The minimum Gasteiger partial charge on any atom is -0.469 e. The Morgan fingerprint density at radius 1 is 1.35 bits per heavy atom. The van der Waals surface area contributed by atoms with Crippen molar-refractivity contribution in [3.05, 3.63) is 39.4 Å². The van der Waals surface area contributed by atoms with Crippen molar-refractivity contribution in [3.63, 3.8) is 0 Å². The molecule has 0 aliphatic rings. The maximum absolute atomic E-state index is 12.9. The third kappa shape index (κ3) is 3.32. The van der Waals surface area contributed by atoms with Crippen LogP contribution in [0.25, 0.3) is 10.9 Å². The van der Waals surface area contributed by atoms with Crippen molar-refractivity contribution in [1.82, 2.24) is 9.55 Å². The predicted molar refractivity (Wildman–Crippen MR) is 93.9 cm³/mol. The number of ether oxygens (including phenoxy) is 1. The average molecular weight is 381 g/mol. The summed E-state index contributed by atoms with van der Waals surface area (Å²) in [7, 11) is 1.35. The number of carbonyl (C=O) groups excluding carboxylic acids is 1. The second-order valence-electron chi connectivity index (χ2n) is 6.36. The van der Waals surface area contributed by atoms with Gasteiger partial charge in [0.2, 0.25) is 0 Å². The Morgan fingerprint density at radius 2 is 2.00 bits per heavy atom. The molecule has 2 aromatic rings. The Balaban J connectivity index is 2.64. The van der Waals surface area contributed by atoms with Crippen LogP contribution >= 0.6 is 15.9 Å². The van der Waals surface area contributed by atoms with Gasteiger partial charge in [0.1, 0.15) is 5.82 Å². The molecule has 23 heavy (non-hydrogen) atoms. The lowest BCUT2D eigenvalue weighted by atomic mass is 9.93. The van der Waals surface area contributed by atoms with E-state index in [2.05, 4.69) is 20.9 Å². The van der Waals surface area contributed by atoms with Gasteiger partial charge in [-0.05, 0) is 51.0 Å². The van der Waals surface area contributed by atoms with Gasteiger partial charge >= 0.3 is 5.97 Å². The van der Waals surface area contributed by atoms with Gasteiger partial charge in [0, 0.05) is 11.9 Å². The van der Waals surface area contributed by atoms with E-state index in [1.807, 2.05) is 19.1 Å². The first kappa shape index (κ1) is 17.7. The van der Waals surface area contributed by atoms with Crippen molar-refractivity contribution in [2.75, 3.05) is 7.11 Å². The minimum atomic E-state index is -0.804. The predicted octanol–water partition coefficient (Wildman–Crippen LogP) is 3.11. The van der Waals surface area contributed by atoms with Gasteiger partial charge < -0.3 is 4.74 Å². The van der Waals surface area contributed by atoms with Gasteiger partial charge in [0.15, 0.2) is 0 Å². The maximum Gasteiger partial charge on any atom is 0.313 e. The molecule has 0 saturated heterocycles. The molecule has 0 aliphatic heterocycles. The fraction of sp³-hybridized carbons (Fsp3) is 0.471. The van der Waals surface area contributed by atoms with Crippen LogP contribution in [-0.2, 0) is 21.4 Å². The molecular weight excluding hydrogens is 360 g/mol. The molecule has 0 saturated carbocycles. The third-order valence-electron chi connectivity index (χ3n) is 4.04. The highest BCUT2D eigenvalue weighted by atomic mass is 79.9. The van der Waals surface area contributed by atoms with Crippen molar-refractivity contribution >= 4 is 32.8 Å². The van der Waals surface area contributed by atoms with Gasteiger partial charge in [0.05, 0.1) is 23.4 Å². The molecule has 0 radical (unpaired) electrons. The number of carbonyl (C=O) groups is 1. The van der Waals surface area contributed by atoms with Crippen LogP contribution in [0.2, 0.25) is 0 Å². The first-order valence-corrected chi connectivity index (χ1v) is 8.48. The highest BCUT2D eigenvalue weighted by Crippen LogP contribution is 2.22. The summed E-state index contributed by atoms with van der Waals surface area (Å²) < 4.78 is 6.37. The molecule has 0 unspecified atom stereocenters. The average Bonchev–Trinajstić information content (AvgIpc) is 2.50. The van der Waals surface area contributed by atoms with E-state index in [9.17, 15) is 9.59 Å². The van der Waals surface area contributed by atoms with Crippen LogP contribution in [0.3, 0.4) is 0 Å². The molecule has 1 aromatic carbocycles. The fourth-order valence-corrected chi connectivity index (χ4v) is 3.20. The molecular formula is C17H21BrN2O3. The van der Waals surface area contributed by atoms with E-state index in [1.54, 1.807) is 25.3 Å². The quantitative estimate of drug-likeness (QED) is 0.603. The van der Waals surface area contributed by atoms with Crippen LogP contribution in [0, 0.1) is 19.3 Å². The van der Waals surface area contributed by atoms with Crippen molar-refractivity contribution in [2.24, 2.45) is 5.41 Å². The first-order chi connectivity index (χ1) is 10.7. The van der Waals surface area contributed by atoms with E-state index in [0.29, 0.717) is 22.1 Å². The van der Waals surface area contributed by atoms with E-state index in [0.717, 1.165) is 11.1 Å². The summed E-state index contributed by atoms with van der Waals surface area (Å²) in [6, 6.07) is 3.80. The zero-order chi connectivity index (χ0) is 17.4. The van der Waals surface area contributed by atoms with Gasteiger partial charge in [-0.25, -0.2) is 4.98 Å². The standard InChI is InChI=1S/C17H21BrN2O3/c1-10-6-14-13(7-12(10)8-18)15(21)20(11(2)19-14)9-17(3,4)16(22)23-5/h6-7H,8-9H2,1-5H3. The van der Waals surface area contributed by atoms with E-state index < -0.39 is 5.41 Å². The highest BCUT2D eigenvalue weighted by molar-refractivity contribution is 9.08. The van der Waals surface area contributed by atoms with E-state index in [1.165, 1.54) is 7.11 Å². The SMILES string of the molecule is COC(=O)C(C)(C)Cn1c(C)nc2cc(C)c(CBr)cc2c1=O. The van der Waals surface area contributed by atoms with Gasteiger partial charge in [-0.2, -0.15) is 0 Å². The fourth-order valence-electron chi connectivity index (χ4n) is 2.59. The third-order valence-corrected chi connectivity index (χ3v) is 4.64. The first-order valence-electron chi connectivity index (χ1n) is 7.36. The second-order valence-corrected chi connectivity index (χ2v) is 6.92. The molecule has 2 rings (SSSR count). The summed E-state index contributed by atoms with van der Waals surface area (Å²) in [4.78, 5) is 29.3. The summed E-state index contributed by atoms with van der Waals surface area (Å²) in [6.45, 7) is 7.52. The molecule has 0 aliphatic carbocycles. The van der Waals surface area contributed by atoms with Crippen molar-refractivity contribution in [1.29, 1.82) is 0 Å². The molecule has 1 aromatic heterocycles. The number of rotatable bonds is 4. The summed E-state index contributed by atoms with van der Waals surface area (Å²) in [5.41, 5.74) is 1.89. The van der Waals surface area contributed by atoms with Crippen molar-refractivity contribution < 1.29 is 9.53 Å². The van der Waals surface area contributed by atoms with Crippen LogP contribution in [0.5, 0.6) is 0 Å². The monoisotopic (exact) mass is 380 g/mol. The molecule has 1 heterocycles. The Morgan fingerprint density at radius 3 is 2.57 bits per heavy atom. The Labute approximate surface area is 143 Å². The normalized spacial score (nSPS) is 11.7. The summed E-state index contributed by atoms with van der Waals surface area (Å²) in [5.74, 6) is 0.236. The molecule has 0 N–H and O–H groups in total. The molecule has 124 valence electrons. The minimum absolute atomic E-state index is 0.133. The number of hydrogen-bond acceptors (Lipinski definition) is 4. The number of aromatic nitrogens is 2. The lowest BCUT2D eigenvalue weighted by molar-refractivity contribution is -0.151. The van der Waals surface area contributed by atoms with Crippen LogP contribution < -0.4 is 5.56 Å². The second kappa shape index (κ2) is 6.43. The van der Waals surface area contributed by atoms with Crippen LogP contribution in [0.4, 0.5) is 0 Å². The molecule has 0 atom stereocenters. The Bertz CT molecular complexity index is 825. The largest absolute Gasteiger partial charge is 0.469 e. The number of benzene rings is 1. The van der Waals surface area contributed by atoms with Gasteiger partial charge in [-0.1, -0.05) is 15.9 Å². The molecule has 5 nitrogen and oxygen atoms in total. The number of alkyl halides is 1. The smallest absolute Gasteiger partial charge is 0.313 e. The lowest BCUT2D eigenvalue weighted by Crippen LogP contribution is -2.36. The number of nitrogens with zero attached hydrogens (tertiary/aromatic N) is 2. The van der Waals surface area contributed by atoms with Crippen LogP contribution in [0.15, 0.2) is 16.9 Å². The zero-order valence-corrected chi connectivity index (χ0v) is 15.7. The maximum atomic E-state index is 12.9. The number of hydrogen-bond donors (Lipinski definition) is 0. The highest BCUT2D eigenvalue weighted by Gasteiger charge is 2.30. The van der Waals surface area contributed by atoms with Gasteiger partial charge in [0.25, 0.3) is 5.56 Å². The summed E-state index contributed by atoms with van der Waals surface area (Å²) >= 11 is 3.44. The lowest BCUT2D eigenvalue weighted by Gasteiger charge is -2.23. The Hall–Kier alpha value is -1.69. The van der Waals surface area contributed by atoms with E-state index in [4.69, 9.17) is 4.74 Å². The van der Waals surface area contributed by atoms with Crippen molar-refractivity contribution in [2.45, 2.75) is 39.6 Å². The zero-order valence-electron chi connectivity index (χ0n) is 14.1. The number of methoxy groups -OCH3 is 1. The number of aryl methyl sites for hydroxylation is 2. The molecule has 0 fully saturated rings. The van der Waals surface area contributed by atoms with Gasteiger partial charge in [-0.15, -0.1) is 0 Å². The van der Waals surface area contributed by atoms with E-state index in [-0.39, 0.29) is 18.1 Å². The number of halogens is 1. The summed E-state index contributed by atoms with van der Waals surface area (Å²) in [5, 5.41) is 1.24. The van der Waals surface area contributed by atoms with Crippen LogP contribution in [0.1, 0.15) is 30.8 Å². The number of fused-ring (bicyclic) bond motifs is 1.